The first-order valence-corrected chi connectivity index (χ1v) is 11.5. The molecule has 1 unspecified atom stereocenters. The summed E-state index contributed by atoms with van der Waals surface area (Å²) < 4.78 is 0. The zero-order valence-electron chi connectivity index (χ0n) is 20.0. The van der Waals surface area contributed by atoms with Crippen molar-refractivity contribution in [3.63, 3.8) is 0 Å². The van der Waals surface area contributed by atoms with Gasteiger partial charge < -0.3 is 40.9 Å². The Morgan fingerprint density at radius 2 is 1.64 bits per heavy atom. The third kappa shape index (κ3) is 9.72. The van der Waals surface area contributed by atoms with Gasteiger partial charge in [0.25, 0.3) is 0 Å². The van der Waals surface area contributed by atoms with Gasteiger partial charge in [-0.05, 0) is 61.4 Å². The summed E-state index contributed by atoms with van der Waals surface area (Å²) >= 11 is 0. The van der Waals surface area contributed by atoms with Crippen molar-refractivity contribution in [3.05, 3.63) is 59.7 Å². The van der Waals surface area contributed by atoms with E-state index in [9.17, 15) is 24.9 Å². The van der Waals surface area contributed by atoms with E-state index >= 15 is 0 Å². The van der Waals surface area contributed by atoms with Gasteiger partial charge in [-0.25, -0.2) is 9.79 Å². The molecule has 36 heavy (non-hydrogen) atoms. The minimum absolute atomic E-state index is 0.0213. The van der Waals surface area contributed by atoms with Gasteiger partial charge in [-0.1, -0.05) is 29.4 Å². The second-order valence-electron chi connectivity index (χ2n) is 8.04. The highest BCUT2D eigenvalue weighted by molar-refractivity contribution is 5.90. The van der Waals surface area contributed by atoms with Gasteiger partial charge in [0.1, 0.15) is 24.4 Å². The fourth-order valence-corrected chi connectivity index (χ4v) is 3.30. The number of carbonyl (C=O) groups excluding carboxylic acids is 2. The Labute approximate surface area is 209 Å². The number of oxime groups is 1. The molecule has 0 saturated carbocycles. The number of aliphatic imine (C=N–C) groups is 1. The van der Waals surface area contributed by atoms with Gasteiger partial charge in [0.15, 0.2) is 5.84 Å². The molecule has 0 spiro atoms. The summed E-state index contributed by atoms with van der Waals surface area (Å²) in [5, 5.41) is 34.6. The number of nitrogens with one attached hydrogen (secondary N) is 1. The largest absolute Gasteiger partial charge is 0.508 e. The van der Waals surface area contributed by atoms with Gasteiger partial charge in [-0.3, -0.25) is 0 Å². The molecule has 0 aliphatic carbocycles. The van der Waals surface area contributed by atoms with Crippen molar-refractivity contribution in [1.82, 2.24) is 10.2 Å². The zero-order chi connectivity index (χ0) is 26.3. The van der Waals surface area contributed by atoms with Crippen LogP contribution in [0.2, 0.25) is 0 Å². The molecule has 0 saturated heterocycles. The topological polar surface area (TPSA) is 170 Å². The fourth-order valence-electron chi connectivity index (χ4n) is 3.30. The molecular weight excluding hydrogens is 466 g/mol. The number of hydrogen-bond donors (Lipinski definition) is 5. The van der Waals surface area contributed by atoms with Gasteiger partial charge >= 0.3 is 6.03 Å². The molecule has 2 rings (SSSR count). The number of aliphatic hydroxyl groups is 1. The van der Waals surface area contributed by atoms with E-state index in [1.54, 1.807) is 36.4 Å². The van der Waals surface area contributed by atoms with E-state index in [4.69, 9.17) is 10.6 Å². The highest BCUT2D eigenvalue weighted by Crippen LogP contribution is 2.12. The lowest BCUT2D eigenvalue weighted by Gasteiger charge is -2.24. The van der Waals surface area contributed by atoms with Crippen LogP contribution < -0.4 is 11.1 Å². The molecule has 0 aromatic heterocycles. The number of hydrogen-bond acceptors (Lipinski definition) is 8. The summed E-state index contributed by atoms with van der Waals surface area (Å²) in [6.07, 6.45) is 1.66. The van der Waals surface area contributed by atoms with Crippen LogP contribution in [0.1, 0.15) is 17.5 Å². The molecule has 11 heteroatoms. The number of nitrogens with zero attached hydrogens (tertiary/aromatic N) is 3. The van der Waals surface area contributed by atoms with E-state index < -0.39 is 18.1 Å². The second kappa shape index (κ2) is 15.1. The van der Waals surface area contributed by atoms with Crippen molar-refractivity contribution >= 4 is 24.9 Å². The Kier molecular flexibility index (Phi) is 11.9. The fraction of sp³-hybridized carbons (Fsp3) is 0.360. The number of nitrogens with two attached hydrogens (primary N) is 1. The van der Waals surface area contributed by atoms with Crippen molar-refractivity contribution in [2.45, 2.75) is 31.3 Å². The van der Waals surface area contributed by atoms with E-state index in [-0.39, 0.29) is 50.1 Å². The van der Waals surface area contributed by atoms with Gasteiger partial charge in [0, 0.05) is 13.2 Å². The molecule has 11 nitrogen and oxygen atoms in total. The zero-order valence-corrected chi connectivity index (χ0v) is 20.0. The van der Waals surface area contributed by atoms with E-state index in [1.165, 1.54) is 17.0 Å². The molecule has 0 aliphatic heterocycles. The molecule has 0 heterocycles. The Hall–Kier alpha value is -3.96. The molecule has 2 amide bonds. The molecule has 194 valence electrons. The number of amides is 2. The summed E-state index contributed by atoms with van der Waals surface area (Å²) in [6.45, 7) is 3.77. The average Bonchev–Trinajstić information content (AvgIpc) is 2.87. The summed E-state index contributed by atoms with van der Waals surface area (Å²) in [5.41, 5.74) is 7.79. The Bertz CT molecular complexity index is 997. The van der Waals surface area contributed by atoms with Crippen LogP contribution in [0.15, 0.2) is 58.7 Å². The SMILES string of the molecule is C=N/C(=N\OCCN(CCCO)C(=O)NC(C=O)Cc1ccc(O)cc1)[C@@H](N)Cc1ccc(O)cc1. The van der Waals surface area contributed by atoms with Gasteiger partial charge in [0.05, 0.1) is 18.6 Å². The van der Waals surface area contributed by atoms with Crippen molar-refractivity contribution in [1.29, 1.82) is 0 Å². The highest BCUT2D eigenvalue weighted by Gasteiger charge is 2.18. The smallest absolute Gasteiger partial charge is 0.318 e. The normalized spacial score (nSPS) is 12.9. The van der Waals surface area contributed by atoms with Crippen molar-refractivity contribution in [3.8, 4) is 11.5 Å². The van der Waals surface area contributed by atoms with Crippen LogP contribution in [0.4, 0.5) is 4.79 Å². The number of aliphatic hydroxyl groups excluding tert-OH is 1. The number of rotatable bonds is 14. The Morgan fingerprint density at radius 3 is 2.17 bits per heavy atom. The number of amidine groups is 1. The van der Waals surface area contributed by atoms with Crippen LogP contribution in [0.25, 0.3) is 0 Å². The molecule has 0 bridgehead atoms. The van der Waals surface area contributed by atoms with Crippen LogP contribution in [0.3, 0.4) is 0 Å². The minimum Gasteiger partial charge on any atom is -0.508 e. The Morgan fingerprint density at radius 1 is 1.06 bits per heavy atom. The van der Waals surface area contributed by atoms with E-state index in [0.717, 1.165) is 11.1 Å². The van der Waals surface area contributed by atoms with Gasteiger partial charge in [0.2, 0.25) is 0 Å². The number of aromatic hydroxyl groups is 2. The predicted molar refractivity (Wildman–Crippen MR) is 136 cm³/mol. The number of benzene rings is 2. The van der Waals surface area contributed by atoms with E-state index in [2.05, 4.69) is 22.2 Å². The Balaban J connectivity index is 1.91. The third-order valence-corrected chi connectivity index (χ3v) is 5.23. The third-order valence-electron chi connectivity index (χ3n) is 5.23. The number of aldehydes is 1. The predicted octanol–water partition coefficient (Wildman–Crippen LogP) is 1.20. The molecule has 0 fully saturated rings. The first kappa shape index (κ1) is 28.3. The number of carbonyl (C=O) groups is 2. The lowest BCUT2D eigenvalue weighted by molar-refractivity contribution is -0.109. The summed E-state index contributed by atoms with van der Waals surface area (Å²) in [4.78, 5) is 34.8. The lowest BCUT2D eigenvalue weighted by Crippen LogP contribution is -2.47. The van der Waals surface area contributed by atoms with E-state index in [0.29, 0.717) is 19.1 Å². The summed E-state index contributed by atoms with van der Waals surface area (Å²) in [7, 11) is 0. The van der Waals surface area contributed by atoms with Gasteiger partial charge in [-0.15, -0.1) is 0 Å². The molecule has 6 N–H and O–H groups in total. The maximum atomic E-state index is 12.8. The van der Waals surface area contributed by atoms with Crippen LogP contribution in [-0.4, -0.2) is 83.5 Å². The lowest BCUT2D eigenvalue weighted by atomic mass is 10.1. The number of urea groups is 1. The standard InChI is InChI=1S/C25H33N5O6/c1-27-24(23(26)16-19-5-9-22(34)10-6-19)29-36-14-12-30(11-2-13-31)25(35)28-20(17-32)15-18-3-7-21(33)8-4-18/h3-10,17,20,23,31,33-34H,1-2,11-16,26H2,(H,28,35)/b29-24-/t20?,23-/m0/s1. The summed E-state index contributed by atoms with van der Waals surface area (Å²) in [5.74, 6) is 0.449. The second-order valence-corrected chi connectivity index (χ2v) is 8.04. The van der Waals surface area contributed by atoms with Crippen LogP contribution >= 0.6 is 0 Å². The highest BCUT2D eigenvalue weighted by atomic mass is 16.6. The van der Waals surface area contributed by atoms with Crippen molar-refractivity contribution in [2.75, 3.05) is 26.3 Å². The average molecular weight is 500 g/mol. The van der Waals surface area contributed by atoms with Crippen LogP contribution in [0, 0.1) is 0 Å². The molecule has 2 atom stereocenters. The van der Waals surface area contributed by atoms with Crippen LogP contribution in [0.5, 0.6) is 11.5 Å². The quantitative estimate of drug-likeness (QED) is 0.0855. The molecule has 2 aromatic carbocycles. The monoisotopic (exact) mass is 499 g/mol. The maximum absolute atomic E-state index is 12.8. The molecule has 0 radical (unpaired) electrons. The number of phenols is 2. The first-order valence-electron chi connectivity index (χ1n) is 11.5. The van der Waals surface area contributed by atoms with E-state index in [1.807, 2.05) is 0 Å². The molecular formula is C25H33N5O6. The number of phenolic OH excluding ortho intramolecular Hbond substituents is 2. The van der Waals surface area contributed by atoms with Crippen molar-refractivity contribution < 1.29 is 29.7 Å². The van der Waals surface area contributed by atoms with Crippen LogP contribution in [-0.2, 0) is 22.5 Å². The molecule has 0 aliphatic rings. The maximum Gasteiger partial charge on any atom is 0.318 e. The molecule has 2 aromatic rings. The summed E-state index contributed by atoms with van der Waals surface area (Å²) in [6, 6.07) is 11.1. The van der Waals surface area contributed by atoms with Gasteiger partial charge in [-0.2, -0.15) is 0 Å². The van der Waals surface area contributed by atoms with Crippen molar-refractivity contribution in [2.24, 2.45) is 15.9 Å². The minimum atomic E-state index is -0.771. The first-order chi connectivity index (χ1) is 17.4.